The minimum Gasteiger partial charge on any atom is -0.446 e. The highest BCUT2D eigenvalue weighted by Gasteiger charge is 2.34. The van der Waals surface area contributed by atoms with Crippen molar-refractivity contribution in [2.24, 2.45) is 0 Å². The van der Waals surface area contributed by atoms with Crippen molar-refractivity contribution in [3.63, 3.8) is 0 Å². The van der Waals surface area contributed by atoms with Gasteiger partial charge in [0.1, 0.15) is 16.7 Å². The number of aromatic nitrogens is 2. The molecular formula is C34H36Cl4N4O8S. The number of H-pyrrole nitrogens is 1. The molecule has 1 N–H and O–H groups in total. The molecular weight excluding hydrogens is 766 g/mol. The highest BCUT2D eigenvalue weighted by Crippen LogP contribution is 2.37. The first-order chi connectivity index (χ1) is 24.2. The average Bonchev–Trinajstić information content (AvgIpc) is 3.36. The Morgan fingerprint density at radius 1 is 0.980 bits per heavy atom. The molecule has 0 aliphatic carbocycles. The van der Waals surface area contributed by atoms with Gasteiger partial charge in [-0.25, -0.2) is 14.4 Å². The van der Waals surface area contributed by atoms with Gasteiger partial charge in [0.05, 0.1) is 20.7 Å². The number of ether oxygens (including phenoxy) is 1. The van der Waals surface area contributed by atoms with E-state index in [9.17, 15) is 28.1 Å². The topological polar surface area (TPSA) is 154 Å². The van der Waals surface area contributed by atoms with E-state index in [-0.39, 0.29) is 31.8 Å². The van der Waals surface area contributed by atoms with Crippen LogP contribution in [-0.2, 0) is 14.9 Å². The predicted molar refractivity (Wildman–Crippen MR) is 199 cm³/mol. The van der Waals surface area contributed by atoms with E-state index in [4.69, 9.17) is 55.3 Å². The Morgan fingerprint density at radius 3 is 2.25 bits per heavy atom. The molecule has 4 rings (SSSR count). The number of aromatic amines is 1. The number of carbonyl (C=O) groups is 1. The highest BCUT2D eigenvalue weighted by molar-refractivity contribution is 7.87. The van der Waals surface area contributed by atoms with Gasteiger partial charge in [0.25, 0.3) is 11.4 Å². The molecule has 0 spiro atoms. The lowest BCUT2D eigenvalue weighted by molar-refractivity contribution is -0.385. The maximum absolute atomic E-state index is 14.2. The van der Waals surface area contributed by atoms with E-state index in [1.807, 2.05) is 0 Å². The fourth-order valence-corrected chi connectivity index (χ4v) is 7.45. The van der Waals surface area contributed by atoms with Crippen molar-refractivity contribution in [3.05, 3.63) is 102 Å². The third kappa shape index (κ3) is 10.4. The summed E-state index contributed by atoms with van der Waals surface area (Å²) in [5, 5.41) is 13.7. The van der Waals surface area contributed by atoms with E-state index in [2.05, 4.69) is 12.0 Å². The lowest BCUT2D eigenvalue weighted by atomic mass is 10.0. The molecule has 1 aromatic heterocycles. The number of para-hydroxylation sites is 1. The number of nitro groups is 1. The Kier molecular flexibility index (Phi) is 14.2. The number of halogens is 4. The van der Waals surface area contributed by atoms with Crippen LogP contribution in [0.15, 0.2) is 76.4 Å². The summed E-state index contributed by atoms with van der Waals surface area (Å²) in [4.78, 5) is 39.3. The number of unbranched alkanes of at least 4 members (excludes halogenated alkanes) is 5. The van der Waals surface area contributed by atoms with Crippen LogP contribution in [0.3, 0.4) is 0 Å². The van der Waals surface area contributed by atoms with Crippen LogP contribution in [-0.4, -0.2) is 40.7 Å². The second kappa shape index (κ2) is 18.1. The molecule has 17 heteroatoms. The van der Waals surface area contributed by atoms with E-state index >= 15 is 0 Å². The first kappa shape index (κ1) is 40.0. The number of nitrogens with one attached hydrogen (secondary N) is 1. The SMILES string of the molecule is CCCCCCCCC(CC(C)Cl)OC(=O)N(c1ccccc1)c1[nH]n(-c2c(Cl)cc(Cl)cc2Cl)c(=O)c1OS(=O)(=O)c1cccc([N+](=O)[O-])c1. The average molecular weight is 803 g/mol. The van der Waals surface area contributed by atoms with Crippen molar-refractivity contribution in [2.75, 3.05) is 4.90 Å². The van der Waals surface area contributed by atoms with Crippen LogP contribution in [0.25, 0.3) is 5.69 Å². The number of benzene rings is 3. The van der Waals surface area contributed by atoms with Crippen molar-refractivity contribution in [1.29, 1.82) is 0 Å². The fourth-order valence-electron chi connectivity index (χ4n) is 5.29. The molecule has 51 heavy (non-hydrogen) atoms. The van der Waals surface area contributed by atoms with Gasteiger partial charge < -0.3 is 8.92 Å². The van der Waals surface area contributed by atoms with Gasteiger partial charge in [-0.1, -0.05) is 98.1 Å². The Morgan fingerprint density at radius 2 is 1.63 bits per heavy atom. The Bertz CT molecular complexity index is 1980. The summed E-state index contributed by atoms with van der Waals surface area (Å²) in [5.74, 6) is -1.35. The molecule has 2 atom stereocenters. The van der Waals surface area contributed by atoms with Gasteiger partial charge in [0.15, 0.2) is 5.82 Å². The monoisotopic (exact) mass is 800 g/mol. The van der Waals surface area contributed by atoms with Crippen molar-refractivity contribution < 1.29 is 27.1 Å². The molecule has 0 saturated carbocycles. The quantitative estimate of drug-likeness (QED) is 0.0364. The highest BCUT2D eigenvalue weighted by atomic mass is 35.5. The molecule has 3 aromatic carbocycles. The van der Waals surface area contributed by atoms with Gasteiger partial charge >= 0.3 is 21.8 Å². The van der Waals surface area contributed by atoms with E-state index in [1.54, 1.807) is 25.1 Å². The molecule has 0 aliphatic heterocycles. The maximum atomic E-state index is 14.2. The van der Waals surface area contributed by atoms with Crippen LogP contribution in [0.2, 0.25) is 15.1 Å². The smallest absolute Gasteiger partial charge is 0.420 e. The number of rotatable bonds is 17. The third-order valence-electron chi connectivity index (χ3n) is 7.70. The number of carbonyl (C=O) groups excluding carboxylic acids is 1. The van der Waals surface area contributed by atoms with E-state index in [0.29, 0.717) is 12.8 Å². The summed E-state index contributed by atoms with van der Waals surface area (Å²) < 4.78 is 39.5. The first-order valence-electron chi connectivity index (χ1n) is 16.1. The Labute approximate surface area is 315 Å². The normalized spacial score (nSPS) is 12.7. The number of alkyl halides is 1. The molecule has 1 heterocycles. The van der Waals surface area contributed by atoms with Gasteiger partial charge in [-0.3, -0.25) is 20.0 Å². The summed E-state index contributed by atoms with van der Waals surface area (Å²) in [6, 6.07) is 14.7. The summed E-state index contributed by atoms with van der Waals surface area (Å²) >= 11 is 25.4. The zero-order valence-electron chi connectivity index (χ0n) is 27.7. The van der Waals surface area contributed by atoms with Crippen LogP contribution in [0, 0.1) is 10.1 Å². The number of amides is 1. The molecule has 0 fully saturated rings. The standard InChI is InChI=1S/C34H36Cl4N4O8S/c1-3-4-5-6-7-11-16-26(18-22(2)35)49-34(44)40(24-13-9-8-10-14-24)32-31(50-51(47,48)27-17-12-15-25(21-27)42(45)46)33(43)41(39-32)30-28(37)19-23(36)20-29(30)38/h8-10,12-15,17,19-22,26,39H,3-7,11,16,18H2,1-2H3. The maximum Gasteiger partial charge on any atom is 0.420 e. The van der Waals surface area contributed by atoms with Gasteiger partial charge in [-0.2, -0.15) is 8.42 Å². The summed E-state index contributed by atoms with van der Waals surface area (Å²) in [5.41, 5.74) is -1.63. The molecule has 0 bridgehead atoms. The molecule has 2 unspecified atom stereocenters. The van der Waals surface area contributed by atoms with Gasteiger partial charge in [0.2, 0.25) is 0 Å². The minimum atomic E-state index is -4.93. The van der Waals surface area contributed by atoms with Crippen molar-refractivity contribution >= 4 is 79.8 Å². The molecule has 0 saturated heterocycles. The number of hydrogen-bond donors (Lipinski definition) is 1. The lowest BCUT2D eigenvalue weighted by Gasteiger charge is -2.26. The van der Waals surface area contributed by atoms with E-state index in [0.717, 1.165) is 72.4 Å². The van der Waals surface area contributed by atoms with Crippen molar-refractivity contribution in [1.82, 2.24) is 9.78 Å². The largest absolute Gasteiger partial charge is 0.446 e. The molecule has 1 amide bonds. The number of anilines is 2. The molecule has 0 radical (unpaired) electrons. The number of hydrogen-bond acceptors (Lipinski definition) is 8. The number of nitrogens with zero attached hydrogens (tertiary/aromatic N) is 3. The van der Waals surface area contributed by atoms with E-state index < -0.39 is 54.9 Å². The van der Waals surface area contributed by atoms with E-state index in [1.165, 1.54) is 24.3 Å². The fraction of sp³-hybridized carbons (Fsp3) is 0.353. The van der Waals surface area contributed by atoms with Crippen LogP contribution < -0.4 is 14.6 Å². The van der Waals surface area contributed by atoms with Gasteiger partial charge in [-0.05, 0) is 50.1 Å². The molecule has 4 aromatic rings. The van der Waals surface area contributed by atoms with Crippen LogP contribution in [0.5, 0.6) is 5.75 Å². The minimum absolute atomic E-state index is 0.0978. The second-order valence-corrected chi connectivity index (χ2v) is 15.2. The number of non-ortho nitro benzene ring substituents is 1. The molecule has 12 nitrogen and oxygen atoms in total. The van der Waals surface area contributed by atoms with Crippen molar-refractivity contribution in [2.45, 2.75) is 81.6 Å². The predicted octanol–water partition coefficient (Wildman–Crippen LogP) is 10.2. The zero-order valence-corrected chi connectivity index (χ0v) is 31.5. The van der Waals surface area contributed by atoms with Gasteiger partial charge in [-0.15, -0.1) is 11.6 Å². The molecule has 274 valence electrons. The number of nitro benzene ring substituents is 1. The van der Waals surface area contributed by atoms with Gasteiger partial charge in [0, 0.05) is 29.0 Å². The summed E-state index contributed by atoms with van der Waals surface area (Å²) in [7, 11) is -4.93. The van der Waals surface area contributed by atoms with Crippen LogP contribution >= 0.6 is 46.4 Å². The summed E-state index contributed by atoms with van der Waals surface area (Å²) in [6.07, 6.45) is 5.30. The van der Waals surface area contributed by atoms with Crippen molar-refractivity contribution in [3.8, 4) is 11.4 Å². The van der Waals surface area contributed by atoms with Crippen LogP contribution in [0.4, 0.5) is 22.0 Å². The zero-order chi connectivity index (χ0) is 37.3. The first-order valence-corrected chi connectivity index (χ1v) is 19.1. The molecule has 0 aliphatic rings. The third-order valence-corrected chi connectivity index (χ3v) is 9.89. The van der Waals surface area contributed by atoms with Crippen LogP contribution in [0.1, 0.15) is 65.2 Å². The Hall–Kier alpha value is -3.75. The Balaban J connectivity index is 1.86. The second-order valence-electron chi connectivity index (χ2n) is 11.7. The lowest BCUT2D eigenvalue weighted by Crippen LogP contribution is -2.32. The summed E-state index contributed by atoms with van der Waals surface area (Å²) in [6.45, 7) is 3.91.